The van der Waals surface area contributed by atoms with Crippen molar-refractivity contribution in [2.75, 3.05) is 0 Å². The molecule has 0 fully saturated rings. The molecule has 8 heteroatoms. The van der Waals surface area contributed by atoms with E-state index in [1.54, 1.807) is 60.7 Å². The fourth-order valence-electron chi connectivity index (χ4n) is 3.20. The molecule has 3 aromatic carbocycles. The van der Waals surface area contributed by atoms with Crippen molar-refractivity contribution >= 4 is 11.8 Å². The van der Waals surface area contributed by atoms with E-state index in [2.05, 4.69) is 4.74 Å². The zero-order valence-electron chi connectivity index (χ0n) is 16.3. The van der Waals surface area contributed by atoms with Gasteiger partial charge in [0.15, 0.2) is 0 Å². The molecule has 160 valence electrons. The second-order valence-electron chi connectivity index (χ2n) is 6.67. The lowest BCUT2D eigenvalue weighted by molar-refractivity contribution is -0.275. The zero-order chi connectivity index (χ0) is 22.4. The van der Waals surface area contributed by atoms with Gasteiger partial charge in [-0.1, -0.05) is 66.7 Å². The van der Waals surface area contributed by atoms with Gasteiger partial charge in [0, 0.05) is 11.1 Å². The molecule has 0 aromatic heterocycles. The van der Waals surface area contributed by atoms with Crippen molar-refractivity contribution in [3.05, 3.63) is 102 Å². The Morgan fingerprint density at radius 1 is 0.871 bits per heavy atom. The number of hydrogen-bond acceptors (Lipinski definition) is 3. The van der Waals surface area contributed by atoms with E-state index < -0.39 is 30.0 Å². The van der Waals surface area contributed by atoms with Crippen molar-refractivity contribution < 1.29 is 27.5 Å². The van der Waals surface area contributed by atoms with E-state index in [1.165, 1.54) is 18.2 Å². The molecule has 0 bridgehead atoms. The van der Waals surface area contributed by atoms with Crippen molar-refractivity contribution in [1.82, 2.24) is 4.90 Å². The largest absolute Gasteiger partial charge is 0.573 e. The van der Waals surface area contributed by atoms with Gasteiger partial charge in [-0.15, -0.1) is 13.2 Å². The van der Waals surface area contributed by atoms with Crippen LogP contribution in [0.5, 0.6) is 5.75 Å². The summed E-state index contributed by atoms with van der Waals surface area (Å²) in [6.07, 6.45) is -4.91. The number of alkyl halides is 3. The Bertz CT molecular complexity index is 1040. The maximum atomic E-state index is 13.3. The molecule has 0 unspecified atom stereocenters. The third kappa shape index (κ3) is 5.63. The number of carbonyl (C=O) groups is 2. The number of halogens is 3. The number of benzene rings is 3. The van der Waals surface area contributed by atoms with Crippen LogP contribution in [0.4, 0.5) is 13.2 Å². The lowest BCUT2D eigenvalue weighted by atomic mass is 10.0. The van der Waals surface area contributed by atoms with E-state index in [4.69, 9.17) is 5.73 Å². The van der Waals surface area contributed by atoms with Crippen LogP contribution in [-0.4, -0.2) is 23.1 Å². The van der Waals surface area contributed by atoms with Crippen LogP contribution in [0, 0.1) is 0 Å². The van der Waals surface area contributed by atoms with E-state index in [0.717, 1.165) is 11.0 Å². The molecule has 2 N–H and O–H groups in total. The van der Waals surface area contributed by atoms with Gasteiger partial charge in [0.05, 0.1) is 6.54 Å². The zero-order valence-corrected chi connectivity index (χ0v) is 16.3. The Labute approximate surface area is 176 Å². The van der Waals surface area contributed by atoms with Crippen LogP contribution >= 0.6 is 0 Å². The minimum absolute atomic E-state index is 0.0753. The van der Waals surface area contributed by atoms with Gasteiger partial charge in [0.25, 0.3) is 5.91 Å². The highest BCUT2D eigenvalue weighted by Crippen LogP contribution is 2.31. The van der Waals surface area contributed by atoms with E-state index in [9.17, 15) is 22.8 Å². The predicted octanol–water partition coefficient (Wildman–Crippen LogP) is 4.45. The molecule has 31 heavy (non-hydrogen) atoms. The predicted molar refractivity (Wildman–Crippen MR) is 108 cm³/mol. The number of carbonyl (C=O) groups excluding carboxylic acids is 2. The molecule has 3 rings (SSSR count). The first-order chi connectivity index (χ1) is 14.8. The van der Waals surface area contributed by atoms with Gasteiger partial charge in [-0.2, -0.15) is 0 Å². The molecule has 0 aliphatic heterocycles. The molecule has 0 spiro atoms. The third-order valence-corrected chi connectivity index (χ3v) is 4.52. The van der Waals surface area contributed by atoms with Gasteiger partial charge in [-0.25, -0.2) is 0 Å². The van der Waals surface area contributed by atoms with Crippen LogP contribution in [0.3, 0.4) is 0 Å². The van der Waals surface area contributed by atoms with Gasteiger partial charge in [-0.05, 0) is 23.8 Å². The summed E-state index contributed by atoms with van der Waals surface area (Å²) < 4.78 is 42.7. The summed E-state index contributed by atoms with van der Waals surface area (Å²) in [5, 5.41) is 0. The molecule has 0 aliphatic carbocycles. The van der Waals surface area contributed by atoms with Crippen molar-refractivity contribution in [2.45, 2.75) is 18.9 Å². The first-order valence-corrected chi connectivity index (χ1v) is 9.30. The fourth-order valence-corrected chi connectivity index (χ4v) is 3.20. The second kappa shape index (κ2) is 9.34. The fraction of sp³-hybridized carbons (Fsp3) is 0.130. The highest BCUT2D eigenvalue weighted by molar-refractivity contribution is 5.97. The Morgan fingerprint density at radius 3 is 2.00 bits per heavy atom. The lowest BCUT2D eigenvalue weighted by Crippen LogP contribution is -2.41. The topological polar surface area (TPSA) is 72.6 Å². The number of hydrogen-bond donors (Lipinski definition) is 1. The Hall–Kier alpha value is -3.81. The maximum absolute atomic E-state index is 13.3. The number of ether oxygens (including phenoxy) is 1. The molecule has 2 amide bonds. The molecular formula is C23H19F3N2O3. The molecule has 0 saturated carbocycles. The van der Waals surface area contributed by atoms with Crippen LogP contribution in [0.2, 0.25) is 0 Å². The molecule has 0 heterocycles. The summed E-state index contributed by atoms with van der Waals surface area (Å²) in [4.78, 5) is 26.9. The Morgan fingerprint density at radius 2 is 1.42 bits per heavy atom. The number of para-hydroxylation sites is 1. The van der Waals surface area contributed by atoms with E-state index in [1.807, 2.05) is 0 Å². The average molecular weight is 428 g/mol. The molecule has 0 aliphatic rings. The normalized spacial score (nSPS) is 12.1. The van der Waals surface area contributed by atoms with Crippen molar-refractivity contribution in [2.24, 2.45) is 5.73 Å². The SMILES string of the molecule is NC(=O)[C@@H](c1ccccc1)N(Cc1ccccc1OC(F)(F)F)C(=O)c1ccccc1. The molecule has 5 nitrogen and oxygen atoms in total. The van der Waals surface area contributed by atoms with Crippen LogP contribution in [-0.2, 0) is 11.3 Å². The lowest BCUT2D eigenvalue weighted by Gasteiger charge is -2.31. The monoisotopic (exact) mass is 428 g/mol. The summed E-state index contributed by atoms with van der Waals surface area (Å²) in [5.74, 6) is -1.84. The smallest absolute Gasteiger partial charge is 0.405 e. The van der Waals surface area contributed by atoms with E-state index in [0.29, 0.717) is 5.56 Å². The highest BCUT2D eigenvalue weighted by atomic mass is 19.4. The Kier molecular flexibility index (Phi) is 6.59. The minimum Gasteiger partial charge on any atom is -0.405 e. The number of nitrogens with zero attached hydrogens (tertiary/aromatic N) is 1. The number of rotatable bonds is 7. The third-order valence-electron chi connectivity index (χ3n) is 4.52. The van der Waals surface area contributed by atoms with Crippen LogP contribution < -0.4 is 10.5 Å². The quantitative estimate of drug-likeness (QED) is 0.604. The van der Waals surface area contributed by atoms with Gasteiger partial charge in [0.1, 0.15) is 11.8 Å². The molecule has 0 radical (unpaired) electrons. The standard InChI is InChI=1S/C23H19F3N2O3/c24-23(25,26)31-19-14-8-7-13-18(19)15-28(22(30)17-11-5-2-6-12-17)20(21(27)29)16-9-3-1-4-10-16/h1-14,20H,15H2,(H2,27,29)/t20-/m1/s1. The van der Waals surface area contributed by atoms with Crippen LogP contribution in [0.25, 0.3) is 0 Å². The van der Waals surface area contributed by atoms with E-state index in [-0.39, 0.29) is 17.7 Å². The summed E-state index contributed by atoms with van der Waals surface area (Å²) in [5.41, 5.74) is 6.41. The summed E-state index contributed by atoms with van der Waals surface area (Å²) in [6.45, 7) is -0.331. The van der Waals surface area contributed by atoms with Gasteiger partial charge >= 0.3 is 6.36 Å². The number of nitrogens with two attached hydrogens (primary N) is 1. The van der Waals surface area contributed by atoms with E-state index >= 15 is 0 Å². The van der Waals surface area contributed by atoms with Gasteiger partial charge in [0.2, 0.25) is 5.91 Å². The number of primary amides is 1. The molecule has 1 atom stereocenters. The molecular weight excluding hydrogens is 409 g/mol. The molecule has 3 aromatic rings. The average Bonchev–Trinajstić information content (AvgIpc) is 2.74. The second-order valence-corrected chi connectivity index (χ2v) is 6.67. The van der Waals surface area contributed by atoms with Crippen LogP contribution in [0.1, 0.15) is 27.5 Å². The van der Waals surface area contributed by atoms with Gasteiger partial charge in [-0.3, -0.25) is 9.59 Å². The maximum Gasteiger partial charge on any atom is 0.573 e. The minimum atomic E-state index is -4.91. The number of amides is 2. The summed E-state index contributed by atoms with van der Waals surface area (Å²) in [7, 11) is 0. The first kappa shape index (κ1) is 21.9. The Balaban J connectivity index is 2.07. The highest BCUT2D eigenvalue weighted by Gasteiger charge is 2.34. The van der Waals surface area contributed by atoms with Crippen molar-refractivity contribution in [1.29, 1.82) is 0 Å². The summed E-state index contributed by atoms with van der Waals surface area (Å²) in [6, 6.07) is 20.7. The molecule has 0 saturated heterocycles. The van der Waals surface area contributed by atoms with Crippen molar-refractivity contribution in [3.63, 3.8) is 0 Å². The van der Waals surface area contributed by atoms with Gasteiger partial charge < -0.3 is 15.4 Å². The van der Waals surface area contributed by atoms with Crippen molar-refractivity contribution in [3.8, 4) is 5.75 Å². The first-order valence-electron chi connectivity index (χ1n) is 9.30. The summed E-state index contributed by atoms with van der Waals surface area (Å²) >= 11 is 0. The van der Waals surface area contributed by atoms with Crippen LogP contribution in [0.15, 0.2) is 84.9 Å².